The normalized spacial score (nSPS) is 16.3. The van der Waals surface area contributed by atoms with Crippen molar-refractivity contribution < 1.29 is 19.1 Å². The smallest absolute Gasteiger partial charge is 0.258 e. The Morgan fingerprint density at radius 1 is 1.17 bits per heavy atom. The molecule has 6 heteroatoms. The zero-order chi connectivity index (χ0) is 12.7. The third-order valence-electron chi connectivity index (χ3n) is 3.17. The van der Waals surface area contributed by atoms with Crippen molar-refractivity contribution in [3.8, 4) is 0 Å². The highest BCUT2D eigenvalue weighted by Crippen LogP contribution is 2.29. The van der Waals surface area contributed by atoms with Gasteiger partial charge in [-0.3, -0.25) is 4.79 Å². The molecule has 0 aromatic carbocycles. The van der Waals surface area contributed by atoms with E-state index in [1.807, 2.05) is 0 Å². The predicted octanol–water partition coefficient (Wildman–Crippen LogP) is -0.720. The first-order chi connectivity index (χ1) is 8.68. The summed E-state index contributed by atoms with van der Waals surface area (Å²) >= 11 is 0. The number of nitrogens with zero attached hydrogens (tertiary/aromatic N) is 1. The molecular weight excluding hydrogens is 236 g/mol. The van der Waals surface area contributed by atoms with E-state index in [2.05, 4.69) is 5.32 Å². The lowest BCUT2D eigenvalue weighted by atomic mass is 10.1. The van der Waals surface area contributed by atoms with Crippen LogP contribution in [-0.4, -0.2) is 43.0 Å². The number of carboxylic acids is 1. The second-order valence-corrected chi connectivity index (χ2v) is 4.24. The molecule has 0 radical (unpaired) electrons. The fraction of sp³-hybridized carbons (Fsp3) is 0.333. The Labute approximate surface area is 102 Å². The van der Waals surface area contributed by atoms with Gasteiger partial charge in [-0.1, -0.05) is 0 Å². The molecule has 3 heterocycles. The molecule has 18 heavy (non-hydrogen) atoms. The Morgan fingerprint density at radius 3 is 2.39 bits per heavy atom. The van der Waals surface area contributed by atoms with Crippen molar-refractivity contribution in [1.29, 1.82) is 0 Å². The molecule has 0 unspecified atom stereocenters. The standard InChI is InChI=1S/C12H12N2O4/c15-11(14-5-3-13-4-6-14)9-7-1-2-8(18-7)10(9)12(16)17/h1-2,13H,3-6H2,(H,16,17)/p-1. The Bertz CT molecular complexity index is 598. The van der Waals surface area contributed by atoms with Crippen molar-refractivity contribution in [2.24, 2.45) is 0 Å². The van der Waals surface area contributed by atoms with E-state index in [0.29, 0.717) is 31.8 Å². The van der Waals surface area contributed by atoms with E-state index in [4.69, 9.17) is 4.42 Å². The molecule has 1 aliphatic rings. The van der Waals surface area contributed by atoms with Crippen LogP contribution >= 0.6 is 0 Å². The van der Waals surface area contributed by atoms with Crippen LogP contribution in [0.2, 0.25) is 0 Å². The summed E-state index contributed by atoms with van der Waals surface area (Å²) in [4.78, 5) is 25.0. The maximum absolute atomic E-state index is 12.3. The van der Waals surface area contributed by atoms with Crippen LogP contribution in [0.3, 0.4) is 0 Å². The third kappa shape index (κ3) is 1.53. The molecule has 0 aliphatic carbocycles. The molecule has 0 spiro atoms. The highest BCUT2D eigenvalue weighted by atomic mass is 16.4. The van der Waals surface area contributed by atoms with E-state index >= 15 is 0 Å². The molecular formula is C12H11N2O4-. The zero-order valence-corrected chi connectivity index (χ0v) is 9.56. The minimum absolute atomic E-state index is 0.120. The van der Waals surface area contributed by atoms with Gasteiger partial charge in [0, 0.05) is 26.2 Å². The molecule has 6 nitrogen and oxygen atoms in total. The molecule has 3 rings (SSSR count). The van der Waals surface area contributed by atoms with Crippen LogP contribution in [0.1, 0.15) is 20.7 Å². The fourth-order valence-corrected chi connectivity index (χ4v) is 2.29. The number of furan rings is 2. The second-order valence-electron chi connectivity index (χ2n) is 4.24. The van der Waals surface area contributed by atoms with Gasteiger partial charge in [0.25, 0.3) is 5.91 Å². The van der Waals surface area contributed by atoms with Crippen molar-refractivity contribution in [3.63, 3.8) is 0 Å². The Morgan fingerprint density at radius 2 is 1.78 bits per heavy atom. The van der Waals surface area contributed by atoms with Gasteiger partial charge in [0.05, 0.1) is 17.1 Å². The minimum Gasteiger partial charge on any atom is -0.545 e. The molecule has 1 fully saturated rings. The van der Waals surface area contributed by atoms with Crippen molar-refractivity contribution >= 4 is 23.0 Å². The van der Waals surface area contributed by atoms with Crippen LogP contribution in [0.15, 0.2) is 16.5 Å². The van der Waals surface area contributed by atoms with Crippen molar-refractivity contribution in [2.75, 3.05) is 26.2 Å². The molecule has 2 bridgehead atoms. The lowest BCUT2D eigenvalue weighted by Gasteiger charge is -2.27. The van der Waals surface area contributed by atoms with Crippen LogP contribution in [-0.2, 0) is 0 Å². The summed E-state index contributed by atoms with van der Waals surface area (Å²) in [5, 5.41) is 14.2. The van der Waals surface area contributed by atoms with Gasteiger partial charge in [-0.25, -0.2) is 0 Å². The number of fused-ring (bicyclic) bond motifs is 2. The van der Waals surface area contributed by atoms with Crippen molar-refractivity contribution in [3.05, 3.63) is 23.3 Å². The van der Waals surface area contributed by atoms with E-state index in [-0.39, 0.29) is 22.6 Å². The fourth-order valence-electron chi connectivity index (χ4n) is 2.29. The van der Waals surface area contributed by atoms with Gasteiger partial charge >= 0.3 is 0 Å². The van der Waals surface area contributed by atoms with Gasteiger partial charge in [-0.15, -0.1) is 0 Å². The quantitative estimate of drug-likeness (QED) is 0.757. The number of hydrogen-bond donors (Lipinski definition) is 1. The first kappa shape index (κ1) is 11.0. The van der Waals surface area contributed by atoms with Gasteiger partial charge in [-0.2, -0.15) is 0 Å². The second kappa shape index (κ2) is 3.99. The van der Waals surface area contributed by atoms with E-state index in [1.165, 1.54) is 6.07 Å². The van der Waals surface area contributed by atoms with Gasteiger partial charge in [0.15, 0.2) is 0 Å². The molecule has 0 saturated carbocycles. The summed E-state index contributed by atoms with van der Waals surface area (Å²) in [6.07, 6.45) is 0. The Balaban J connectivity index is 2.01. The highest BCUT2D eigenvalue weighted by Gasteiger charge is 2.27. The topological polar surface area (TPSA) is 85.6 Å². The molecule has 1 amide bonds. The maximum atomic E-state index is 12.3. The average Bonchev–Trinajstić information content (AvgIpc) is 2.99. The van der Waals surface area contributed by atoms with Crippen LogP contribution in [0.5, 0.6) is 0 Å². The van der Waals surface area contributed by atoms with Crippen LogP contribution in [0, 0.1) is 0 Å². The van der Waals surface area contributed by atoms with E-state index in [0.717, 1.165) is 0 Å². The van der Waals surface area contributed by atoms with E-state index < -0.39 is 5.97 Å². The number of amides is 1. The van der Waals surface area contributed by atoms with Gasteiger partial charge in [-0.05, 0) is 12.1 Å². The summed E-state index contributed by atoms with van der Waals surface area (Å²) in [5.74, 6) is -1.67. The number of aromatic carboxylic acids is 1. The largest absolute Gasteiger partial charge is 0.545 e. The molecule has 94 valence electrons. The number of benzene rings is 1. The van der Waals surface area contributed by atoms with Crippen molar-refractivity contribution in [2.45, 2.75) is 0 Å². The Kier molecular flexibility index (Phi) is 2.45. The lowest BCUT2D eigenvalue weighted by Crippen LogP contribution is -2.46. The van der Waals surface area contributed by atoms with E-state index in [1.54, 1.807) is 11.0 Å². The zero-order valence-electron chi connectivity index (χ0n) is 9.56. The highest BCUT2D eigenvalue weighted by molar-refractivity contribution is 6.13. The molecule has 1 aliphatic heterocycles. The van der Waals surface area contributed by atoms with Crippen LogP contribution in [0.25, 0.3) is 11.2 Å². The summed E-state index contributed by atoms with van der Waals surface area (Å²) in [7, 11) is 0. The predicted molar refractivity (Wildman–Crippen MR) is 60.5 cm³/mol. The number of hydrogen-bond acceptors (Lipinski definition) is 5. The number of rotatable bonds is 2. The number of carbonyl (C=O) groups is 2. The molecule has 1 saturated heterocycles. The third-order valence-corrected chi connectivity index (χ3v) is 3.17. The van der Waals surface area contributed by atoms with Crippen LogP contribution in [0.4, 0.5) is 0 Å². The molecule has 2 aromatic heterocycles. The molecule has 1 N–H and O–H groups in total. The van der Waals surface area contributed by atoms with Crippen molar-refractivity contribution in [1.82, 2.24) is 10.2 Å². The summed E-state index contributed by atoms with van der Waals surface area (Å²) < 4.78 is 5.23. The molecule has 0 atom stereocenters. The first-order valence-corrected chi connectivity index (χ1v) is 5.74. The number of carboxylic acid groups (broad SMARTS) is 1. The average molecular weight is 247 g/mol. The maximum Gasteiger partial charge on any atom is 0.258 e. The number of piperazine rings is 1. The minimum atomic E-state index is -1.37. The molecule has 2 aromatic rings. The summed E-state index contributed by atoms with van der Waals surface area (Å²) in [6, 6.07) is 3.15. The van der Waals surface area contributed by atoms with Gasteiger partial charge in [0.2, 0.25) is 0 Å². The number of carbonyl (C=O) groups excluding carboxylic acids is 2. The van der Waals surface area contributed by atoms with E-state index in [9.17, 15) is 14.7 Å². The summed E-state index contributed by atoms with van der Waals surface area (Å²) in [6.45, 7) is 2.55. The Hall–Kier alpha value is -2.08. The number of nitrogens with one attached hydrogen (secondary N) is 1. The lowest BCUT2D eigenvalue weighted by molar-refractivity contribution is -0.254. The van der Waals surface area contributed by atoms with Gasteiger partial charge in [0.1, 0.15) is 11.2 Å². The first-order valence-electron chi connectivity index (χ1n) is 5.74. The SMILES string of the molecule is O=C([O-])c1c(C(=O)N2CCNCC2)c2ccc1o2. The van der Waals surface area contributed by atoms with Gasteiger partial charge < -0.3 is 24.5 Å². The monoisotopic (exact) mass is 247 g/mol. The summed E-state index contributed by atoms with van der Waals surface area (Å²) in [5.41, 5.74) is 0.502. The van der Waals surface area contributed by atoms with Crippen LogP contribution < -0.4 is 10.4 Å².